The molecule has 0 spiro atoms. The van der Waals surface area contributed by atoms with Crippen LogP contribution in [0.3, 0.4) is 0 Å². The van der Waals surface area contributed by atoms with E-state index < -0.39 is 24.4 Å². The molecule has 1 aromatic carbocycles. The number of hydrogen-bond acceptors (Lipinski definition) is 7. The molecule has 1 aromatic heterocycles. The molecule has 4 aliphatic carbocycles. The Balaban J connectivity index is 1.03. The van der Waals surface area contributed by atoms with Crippen molar-refractivity contribution in [1.82, 2.24) is 10.1 Å². The molecular formula is C24H25ClF2N2O5. The summed E-state index contributed by atoms with van der Waals surface area (Å²) in [5.74, 6) is 1.60. The summed E-state index contributed by atoms with van der Waals surface area (Å²) in [7, 11) is 0. The quantitative estimate of drug-likeness (QED) is 0.587. The largest absolute Gasteiger partial charge is 0.482 e. The molecule has 1 aliphatic heterocycles. The first kappa shape index (κ1) is 22.4. The molecule has 1 N–H and O–H groups in total. The van der Waals surface area contributed by atoms with Gasteiger partial charge in [0, 0.05) is 36.3 Å². The smallest absolute Gasteiger partial charge is 0.353 e. The SMILES string of the molecule is CC(F)(F)OC1CC(c2noc(C34CC(CC(=O)[C@@H]5C[C@H](O)c6cc(Cl)ccc6O5)(C3)C4)n2)C1. The number of benzene rings is 1. The molecule has 0 amide bonds. The van der Waals surface area contributed by atoms with Crippen LogP contribution in [0.15, 0.2) is 22.7 Å². The van der Waals surface area contributed by atoms with E-state index in [1.165, 1.54) is 0 Å². The van der Waals surface area contributed by atoms with Gasteiger partial charge in [0.15, 0.2) is 17.7 Å². The van der Waals surface area contributed by atoms with E-state index in [-0.39, 0.29) is 29.0 Å². The number of rotatable bonds is 7. The molecule has 2 atom stereocenters. The second kappa shape index (κ2) is 7.45. The van der Waals surface area contributed by atoms with Crippen LogP contribution in [0, 0.1) is 5.41 Å². The first-order valence-electron chi connectivity index (χ1n) is 11.6. The lowest BCUT2D eigenvalue weighted by Gasteiger charge is -2.68. The van der Waals surface area contributed by atoms with Gasteiger partial charge in [-0.15, -0.1) is 0 Å². The van der Waals surface area contributed by atoms with E-state index in [0.29, 0.717) is 47.3 Å². The zero-order chi connectivity index (χ0) is 23.9. The molecule has 0 radical (unpaired) electrons. The van der Waals surface area contributed by atoms with Crippen LogP contribution in [0.25, 0.3) is 0 Å². The normalized spacial score (nSPS) is 35.9. The summed E-state index contributed by atoms with van der Waals surface area (Å²) < 4.78 is 42.0. The lowest BCUT2D eigenvalue weighted by atomic mass is 9.34. The average molecular weight is 495 g/mol. The highest BCUT2D eigenvalue weighted by Crippen LogP contribution is 2.75. The number of hydrogen-bond donors (Lipinski definition) is 1. The summed E-state index contributed by atoms with van der Waals surface area (Å²) in [5, 5.41) is 15.1. The maximum atomic E-state index is 13.0. The monoisotopic (exact) mass is 494 g/mol. The maximum Gasteiger partial charge on any atom is 0.353 e. The number of ketones is 1. The number of aliphatic hydroxyl groups is 1. The second-order valence-electron chi connectivity index (χ2n) is 10.7. The Morgan fingerprint density at radius 1 is 1.29 bits per heavy atom. The predicted octanol–water partition coefficient (Wildman–Crippen LogP) is 4.86. The van der Waals surface area contributed by atoms with E-state index in [0.717, 1.165) is 26.2 Å². The van der Waals surface area contributed by atoms with Gasteiger partial charge < -0.3 is 19.1 Å². The van der Waals surface area contributed by atoms with Gasteiger partial charge in [-0.2, -0.15) is 13.8 Å². The van der Waals surface area contributed by atoms with Crippen molar-refractivity contribution in [3.05, 3.63) is 40.5 Å². The fourth-order valence-electron chi connectivity index (χ4n) is 6.29. The Hall–Kier alpha value is -2.10. The van der Waals surface area contributed by atoms with Gasteiger partial charge in [-0.05, 0) is 55.7 Å². The molecule has 7 rings (SSSR count). The van der Waals surface area contributed by atoms with Crippen LogP contribution in [0.1, 0.15) is 81.2 Å². The molecule has 2 aromatic rings. The van der Waals surface area contributed by atoms with Gasteiger partial charge in [0.2, 0.25) is 5.89 Å². The zero-order valence-electron chi connectivity index (χ0n) is 18.6. The number of Topliss-reactive ketones (excluding diaryl/α,β-unsaturated/α-hetero) is 1. The van der Waals surface area contributed by atoms with Crippen LogP contribution < -0.4 is 4.74 Å². The number of ether oxygens (including phenoxy) is 2. The molecule has 5 aliphatic rings. The van der Waals surface area contributed by atoms with Crippen molar-refractivity contribution < 1.29 is 32.7 Å². The number of alkyl halides is 2. The van der Waals surface area contributed by atoms with Crippen molar-refractivity contribution in [2.45, 2.75) is 87.6 Å². The third-order valence-electron chi connectivity index (χ3n) is 7.81. The summed E-state index contributed by atoms with van der Waals surface area (Å²) in [4.78, 5) is 17.5. The van der Waals surface area contributed by atoms with Crippen LogP contribution in [-0.4, -0.2) is 39.3 Å². The van der Waals surface area contributed by atoms with Crippen molar-refractivity contribution in [2.75, 3.05) is 0 Å². The lowest BCUT2D eigenvalue weighted by molar-refractivity contribution is -0.264. The Morgan fingerprint density at radius 2 is 2.03 bits per heavy atom. The molecule has 182 valence electrons. The minimum Gasteiger partial charge on any atom is -0.482 e. The van der Waals surface area contributed by atoms with Crippen molar-refractivity contribution in [2.24, 2.45) is 5.41 Å². The number of nitrogens with zero attached hydrogens (tertiary/aromatic N) is 2. The summed E-state index contributed by atoms with van der Waals surface area (Å²) in [5.41, 5.74) is 0.348. The predicted molar refractivity (Wildman–Crippen MR) is 115 cm³/mol. The lowest BCUT2D eigenvalue weighted by Crippen LogP contribution is -2.65. The third-order valence-corrected chi connectivity index (χ3v) is 8.05. The molecule has 34 heavy (non-hydrogen) atoms. The van der Waals surface area contributed by atoms with E-state index in [4.69, 9.17) is 20.9 Å². The van der Waals surface area contributed by atoms with Gasteiger partial charge in [-0.3, -0.25) is 4.79 Å². The minimum atomic E-state index is -3.13. The number of fused-ring (bicyclic) bond motifs is 1. The number of aliphatic hydroxyl groups excluding tert-OH is 1. The average Bonchev–Trinajstić information content (AvgIpc) is 3.14. The van der Waals surface area contributed by atoms with Gasteiger partial charge in [0.05, 0.1) is 17.6 Å². The van der Waals surface area contributed by atoms with E-state index in [2.05, 4.69) is 14.9 Å². The first-order valence-corrected chi connectivity index (χ1v) is 12.0. The second-order valence-corrected chi connectivity index (χ2v) is 11.1. The fourth-order valence-corrected chi connectivity index (χ4v) is 6.47. The Labute approximate surface area is 199 Å². The van der Waals surface area contributed by atoms with E-state index >= 15 is 0 Å². The van der Waals surface area contributed by atoms with Gasteiger partial charge in [-0.25, -0.2) is 0 Å². The van der Waals surface area contributed by atoms with Crippen LogP contribution in [-0.2, 0) is 14.9 Å². The molecule has 2 bridgehead atoms. The Morgan fingerprint density at radius 3 is 2.74 bits per heavy atom. The van der Waals surface area contributed by atoms with Gasteiger partial charge in [0.25, 0.3) is 0 Å². The highest BCUT2D eigenvalue weighted by Gasteiger charge is 2.71. The van der Waals surface area contributed by atoms with E-state index in [9.17, 15) is 18.7 Å². The highest BCUT2D eigenvalue weighted by molar-refractivity contribution is 6.30. The van der Waals surface area contributed by atoms with E-state index in [1.807, 2.05) is 0 Å². The van der Waals surface area contributed by atoms with Crippen LogP contribution in [0.2, 0.25) is 5.02 Å². The van der Waals surface area contributed by atoms with Crippen LogP contribution in [0.4, 0.5) is 8.78 Å². The number of aromatic nitrogens is 2. The minimum absolute atomic E-state index is 0.00703. The molecule has 0 saturated heterocycles. The number of carbonyl (C=O) groups is 1. The number of halogens is 3. The van der Waals surface area contributed by atoms with E-state index in [1.54, 1.807) is 18.2 Å². The van der Waals surface area contributed by atoms with Gasteiger partial charge in [-0.1, -0.05) is 16.8 Å². The summed E-state index contributed by atoms with van der Waals surface area (Å²) >= 11 is 6.00. The van der Waals surface area contributed by atoms with Crippen molar-refractivity contribution in [1.29, 1.82) is 0 Å². The highest BCUT2D eigenvalue weighted by atomic mass is 35.5. The van der Waals surface area contributed by atoms with Crippen LogP contribution >= 0.6 is 11.6 Å². The van der Waals surface area contributed by atoms with Crippen LogP contribution in [0.5, 0.6) is 5.75 Å². The van der Waals surface area contributed by atoms with Crippen molar-refractivity contribution in [3.63, 3.8) is 0 Å². The van der Waals surface area contributed by atoms with Crippen molar-refractivity contribution >= 4 is 17.4 Å². The summed E-state index contributed by atoms with van der Waals surface area (Å²) in [6.07, 6.45) is -1.16. The molecule has 0 unspecified atom stereocenters. The van der Waals surface area contributed by atoms with Crippen molar-refractivity contribution in [3.8, 4) is 5.75 Å². The van der Waals surface area contributed by atoms with Gasteiger partial charge in [0.1, 0.15) is 5.75 Å². The Kier molecular flexibility index (Phi) is 4.90. The summed E-state index contributed by atoms with van der Waals surface area (Å²) in [6.45, 7) is 0.744. The Bertz CT molecular complexity index is 1120. The topological polar surface area (TPSA) is 94.7 Å². The number of carbonyl (C=O) groups excluding carboxylic acids is 1. The molecule has 2 heterocycles. The third kappa shape index (κ3) is 3.72. The van der Waals surface area contributed by atoms with Gasteiger partial charge >= 0.3 is 6.11 Å². The molecular weight excluding hydrogens is 470 g/mol. The molecule has 7 nitrogen and oxygen atoms in total. The summed E-state index contributed by atoms with van der Waals surface area (Å²) in [6, 6.07) is 5.04. The first-order chi connectivity index (χ1) is 16.0. The molecule has 4 saturated carbocycles. The molecule has 4 fully saturated rings. The zero-order valence-corrected chi connectivity index (χ0v) is 19.4. The fraction of sp³-hybridized carbons (Fsp3) is 0.625. The molecule has 10 heteroatoms. The maximum absolute atomic E-state index is 13.0. The standard InChI is InChI=1S/C24H25ClF2N2O5/c1-22(26,27)33-14-4-12(5-14)20-28-21(34-29-20)24-9-23(10-24,11-24)8-17(31)19-7-16(30)15-6-13(25)2-3-18(15)32-19/h2-3,6,12,14,16,19,30H,4-5,7-11H2,1H3/t12?,14?,16-,19-,23?,24?/m0/s1.